The fourth-order valence-corrected chi connectivity index (χ4v) is 3.64. The molecule has 0 radical (unpaired) electrons. The fourth-order valence-electron chi connectivity index (χ4n) is 3.64. The van der Waals surface area contributed by atoms with E-state index in [-0.39, 0.29) is 24.0 Å². The summed E-state index contributed by atoms with van der Waals surface area (Å²) >= 11 is 0. The Hall–Kier alpha value is -2.09. The van der Waals surface area contributed by atoms with Crippen molar-refractivity contribution >= 4 is 23.2 Å². The van der Waals surface area contributed by atoms with Crippen LogP contribution in [0.3, 0.4) is 0 Å². The maximum absolute atomic E-state index is 13.7. The molecule has 0 saturated carbocycles. The Bertz CT molecular complexity index is 693. The maximum Gasteiger partial charge on any atom is 0.409 e. The molecule has 2 unspecified atom stereocenters. The van der Waals surface area contributed by atoms with Crippen molar-refractivity contribution < 1.29 is 22.8 Å². The Morgan fingerprint density at radius 3 is 2.69 bits per heavy atom. The van der Waals surface area contributed by atoms with E-state index < -0.39 is 30.5 Å². The molecule has 2 atom stereocenters. The van der Waals surface area contributed by atoms with Crippen molar-refractivity contribution in [3.8, 4) is 0 Å². The Morgan fingerprint density at radius 2 is 2.00 bits per heavy atom. The van der Waals surface area contributed by atoms with Gasteiger partial charge in [0.2, 0.25) is 11.8 Å². The summed E-state index contributed by atoms with van der Waals surface area (Å²) in [4.78, 5) is 27.6. The topological polar surface area (TPSA) is 52.7 Å². The first-order valence-electron chi connectivity index (χ1n) is 8.79. The molecule has 2 heterocycles. The molecule has 2 amide bonds. The zero-order valence-electron chi connectivity index (χ0n) is 14.6. The number of carbonyl (C=O) groups is 2. The molecule has 1 saturated heterocycles. The molecule has 8 heteroatoms. The number of carbonyl (C=O) groups excluding carboxylic acids is 2. The number of para-hydroxylation sites is 2. The quantitative estimate of drug-likeness (QED) is 0.871. The zero-order chi connectivity index (χ0) is 18.9. The van der Waals surface area contributed by atoms with Gasteiger partial charge in [0.1, 0.15) is 6.04 Å². The number of amides is 2. The molecule has 2 aliphatic rings. The van der Waals surface area contributed by atoms with Crippen molar-refractivity contribution in [1.82, 2.24) is 4.90 Å². The zero-order valence-corrected chi connectivity index (χ0v) is 14.6. The van der Waals surface area contributed by atoms with Crippen molar-refractivity contribution in [2.24, 2.45) is 0 Å². The second kappa shape index (κ2) is 7.26. The minimum Gasteiger partial charge on any atom is -0.324 e. The first kappa shape index (κ1) is 18.7. The SMILES string of the molecule is CC1CCCCN1CC(=O)N1c2ccccc2NC(=O)CC1C(F)(F)F. The van der Waals surface area contributed by atoms with Gasteiger partial charge in [0.25, 0.3) is 0 Å². The number of likely N-dealkylation sites (tertiary alicyclic amines) is 1. The van der Waals surface area contributed by atoms with E-state index in [0.717, 1.165) is 24.2 Å². The van der Waals surface area contributed by atoms with E-state index in [9.17, 15) is 22.8 Å². The number of rotatable bonds is 2. The summed E-state index contributed by atoms with van der Waals surface area (Å²) in [5.41, 5.74) is 0.319. The summed E-state index contributed by atoms with van der Waals surface area (Å²) in [6.45, 7) is 2.58. The highest BCUT2D eigenvalue weighted by Gasteiger charge is 2.49. The van der Waals surface area contributed by atoms with Gasteiger partial charge in [-0.05, 0) is 38.4 Å². The molecule has 0 bridgehead atoms. The third-order valence-electron chi connectivity index (χ3n) is 5.05. The van der Waals surface area contributed by atoms with Gasteiger partial charge >= 0.3 is 6.18 Å². The average molecular weight is 369 g/mol. The largest absolute Gasteiger partial charge is 0.409 e. The molecule has 0 aromatic heterocycles. The van der Waals surface area contributed by atoms with Crippen LogP contribution in [-0.2, 0) is 9.59 Å². The lowest BCUT2D eigenvalue weighted by Gasteiger charge is -2.37. The van der Waals surface area contributed by atoms with Gasteiger partial charge in [0, 0.05) is 6.04 Å². The Morgan fingerprint density at radius 1 is 1.27 bits per heavy atom. The summed E-state index contributed by atoms with van der Waals surface area (Å²) in [7, 11) is 0. The van der Waals surface area contributed by atoms with Gasteiger partial charge in [-0.1, -0.05) is 18.6 Å². The third kappa shape index (κ3) is 3.85. The van der Waals surface area contributed by atoms with E-state index in [1.807, 2.05) is 11.8 Å². The number of piperidine rings is 1. The smallest absolute Gasteiger partial charge is 0.324 e. The molecule has 1 aromatic rings. The number of nitrogens with zero attached hydrogens (tertiary/aromatic N) is 2. The normalized spacial score (nSPS) is 24.6. The first-order chi connectivity index (χ1) is 12.3. The van der Waals surface area contributed by atoms with Crippen molar-refractivity contribution in [2.45, 2.75) is 50.9 Å². The van der Waals surface area contributed by atoms with E-state index in [1.165, 1.54) is 12.1 Å². The van der Waals surface area contributed by atoms with Crippen molar-refractivity contribution in [3.05, 3.63) is 24.3 Å². The standard InChI is InChI=1S/C18H22F3N3O2/c1-12-6-4-5-9-23(12)11-17(26)24-14-8-3-2-7-13(14)22-16(25)10-15(24)18(19,20)21/h2-3,7-8,12,15H,4-6,9-11H2,1H3,(H,22,25). The number of benzene rings is 1. The van der Waals surface area contributed by atoms with Crippen LogP contribution in [0.2, 0.25) is 0 Å². The van der Waals surface area contributed by atoms with Crippen molar-refractivity contribution in [1.29, 1.82) is 0 Å². The highest BCUT2D eigenvalue weighted by Crippen LogP contribution is 2.37. The molecule has 5 nitrogen and oxygen atoms in total. The van der Waals surface area contributed by atoms with Crippen LogP contribution in [0.25, 0.3) is 0 Å². The number of alkyl halides is 3. The second-order valence-electron chi connectivity index (χ2n) is 6.91. The highest BCUT2D eigenvalue weighted by molar-refractivity contribution is 6.05. The molecule has 3 rings (SSSR count). The van der Waals surface area contributed by atoms with E-state index in [1.54, 1.807) is 12.1 Å². The number of hydrogen-bond acceptors (Lipinski definition) is 3. The van der Waals surface area contributed by atoms with Crippen molar-refractivity contribution in [2.75, 3.05) is 23.3 Å². The average Bonchev–Trinajstić information content (AvgIpc) is 2.72. The number of hydrogen-bond donors (Lipinski definition) is 1. The summed E-state index contributed by atoms with van der Waals surface area (Å²) in [6, 6.07) is 4.11. The van der Waals surface area contributed by atoms with Gasteiger partial charge in [-0.2, -0.15) is 13.2 Å². The minimum atomic E-state index is -4.70. The van der Waals surface area contributed by atoms with Crippen LogP contribution >= 0.6 is 0 Å². The molecule has 0 spiro atoms. The Labute approximate surface area is 150 Å². The Kier molecular flexibility index (Phi) is 5.22. The van der Waals surface area contributed by atoms with Gasteiger partial charge in [0.15, 0.2) is 0 Å². The predicted octanol–water partition coefficient (Wildman–Crippen LogP) is 3.17. The number of nitrogens with one attached hydrogen (secondary N) is 1. The van der Waals surface area contributed by atoms with Crippen LogP contribution in [0.4, 0.5) is 24.5 Å². The molecule has 26 heavy (non-hydrogen) atoms. The maximum atomic E-state index is 13.7. The van der Waals surface area contributed by atoms with E-state index in [4.69, 9.17) is 0 Å². The van der Waals surface area contributed by atoms with Crippen LogP contribution in [0.1, 0.15) is 32.6 Å². The van der Waals surface area contributed by atoms with Crippen LogP contribution in [-0.4, -0.2) is 48.1 Å². The lowest BCUT2D eigenvalue weighted by atomic mass is 10.0. The predicted molar refractivity (Wildman–Crippen MR) is 91.9 cm³/mol. The molecule has 142 valence electrons. The summed E-state index contributed by atoms with van der Waals surface area (Å²) in [5.74, 6) is -1.38. The van der Waals surface area contributed by atoms with Gasteiger partial charge in [-0.3, -0.25) is 19.4 Å². The summed E-state index contributed by atoms with van der Waals surface area (Å²) in [5, 5.41) is 2.48. The number of anilines is 2. The number of halogens is 3. The molecule has 0 aliphatic carbocycles. The molecular formula is C18H22F3N3O2. The van der Waals surface area contributed by atoms with E-state index in [0.29, 0.717) is 6.54 Å². The first-order valence-corrected chi connectivity index (χ1v) is 8.79. The molecule has 2 aliphatic heterocycles. The third-order valence-corrected chi connectivity index (χ3v) is 5.05. The summed E-state index contributed by atoms with van der Waals surface area (Å²) in [6.07, 6.45) is -2.59. The van der Waals surface area contributed by atoms with Crippen molar-refractivity contribution in [3.63, 3.8) is 0 Å². The van der Waals surface area contributed by atoms with Gasteiger partial charge in [-0.25, -0.2) is 0 Å². The van der Waals surface area contributed by atoms with Gasteiger partial charge in [0.05, 0.1) is 24.3 Å². The number of fused-ring (bicyclic) bond motifs is 1. The molecule has 1 fully saturated rings. The fraction of sp³-hybridized carbons (Fsp3) is 0.556. The highest BCUT2D eigenvalue weighted by atomic mass is 19.4. The monoisotopic (exact) mass is 369 g/mol. The Balaban J connectivity index is 1.96. The lowest BCUT2D eigenvalue weighted by Crippen LogP contribution is -2.53. The van der Waals surface area contributed by atoms with Gasteiger partial charge in [-0.15, -0.1) is 0 Å². The minimum absolute atomic E-state index is 0.0870. The van der Waals surface area contributed by atoms with Gasteiger partial charge < -0.3 is 5.32 Å². The second-order valence-corrected chi connectivity index (χ2v) is 6.91. The van der Waals surface area contributed by atoms with E-state index in [2.05, 4.69) is 5.32 Å². The van der Waals surface area contributed by atoms with Crippen LogP contribution in [0, 0.1) is 0 Å². The molecule has 1 aromatic carbocycles. The van der Waals surface area contributed by atoms with Crippen LogP contribution < -0.4 is 10.2 Å². The summed E-state index contributed by atoms with van der Waals surface area (Å²) < 4.78 is 41.0. The lowest BCUT2D eigenvalue weighted by molar-refractivity contribution is -0.158. The van der Waals surface area contributed by atoms with Crippen LogP contribution in [0.5, 0.6) is 0 Å². The van der Waals surface area contributed by atoms with E-state index >= 15 is 0 Å². The van der Waals surface area contributed by atoms with Crippen LogP contribution in [0.15, 0.2) is 24.3 Å². The molecule has 1 N–H and O–H groups in total. The molecular weight excluding hydrogens is 347 g/mol.